The summed E-state index contributed by atoms with van der Waals surface area (Å²) in [4.78, 5) is 0. The molecule has 0 fully saturated rings. The molecule has 0 amide bonds. The molecular weight excluding hydrogens is 218 g/mol. The average molecular weight is 237 g/mol. The van der Waals surface area contributed by atoms with Crippen molar-refractivity contribution in [3.05, 3.63) is 77.4 Å². The monoisotopic (exact) mass is 237 g/mol. The predicted molar refractivity (Wildman–Crippen MR) is 78.5 cm³/mol. The zero-order valence-electron chi connectivity index (χ0n) is 10.8. The third-order valence-electron chi connectivity index (χ3n) is 3.05. The zero-order valence-corrected chi connectivity index (χ0v) is 10.8. The molecule has 2 aromatic carbocycles. The first kappa shape index (κ1) is 12.4. The minimum atomic E-state index is 0.876. The second-order valence-electron chi connectivity index (χ2n) is 4.62. The smallest absolute Gasteiger partial charge is 0.0349 e. The Morgan fingerprint density at radius 3 is 2.39 bits per heavy atom. The summed E-state index contributed by atoms with van der Waals surface area (Å²) in [7, 11) is 0. The molecule has 0 aromatic heterocycles. The zero-order chi connectivity index (χ0) is 12.8. The number of rotatable bonds is 4. The number of nitrogen functional groups attached to an aromatic ring is 1. The van der Waals surface area contributed by atoms with Crippen molar-refractivity contribution in [3.8, 4) is 0 Å². The van der Waals surface area contributed by atoms with Gasteiger partial charge in [0.15, 0.2) is 0 Å². The molecule has 0 atom stereocenters. The van der Waals surface area contributed by atoms with Gasteiger partial charge in [-0.2, -0.15) is 0 Å². The van der Waals surface area contributed by atoms with Crippen LogP contribution < -0.4 is 5.73 Å². The molecule has 0 radical (unpaired) electrons. The molecule has 0 unspecified atom stereocenters. The lowest BCUT2D eigenvalue weighted by atomic mass is 10.0. The van der Waals surface area contributed by atoms with Crippen molar-refractivity contribution in [3.63, 3.8) is 0 Å². The number of anilines is 1. The van der Waals surface area contributed by atoms with Crippen LogP contribution in [0.3, 0.4) is 0 Å². The Morgan fingerprint density at radius 1 is 1.00 bits per heavy atom. The Labute approximate surface area is 109 Å². The molecule has 2 N–H and O–H groups in total. The van der Waals surface area contributed by atoms with Crippen molar-refractivity contribution >= 4 is 5.69 Å². The van der Waals surface area contributed by atoms with Gasteiger partial charge in [-0.25, -0.2) is 0 Å². The van der Waals surface area contributed by atoms with Crippen LogP contribution in [0.2, 0.25) is 0 Å². The fraction of sp³-hybridized carbons (Fsp3) is 0.176. The van der Waals surface area contributed by atoms with E-state index < -0.39 is 0 Å². The number of benzene rings is 2. The highest BCUT2D eigenvalue weighted by Crippen LogP contribution is 2.14. The summed E-state index contributed by atoms with van der Waals surface area (Å²) in [5.74, 6) is 0. The van der Waals surface area contributed by atoms with Crippen LogP contribution >= 0.6 is 0 Å². The van der Waals surface area contributed by atoms with E-state index in [-0.39, 0.29) is 0 Å². The highest BCUT2D eigenvalue weighted by Gasteiger charge is 1.97. The van der Waals surface area contributed by atoms with Gasteiger partial charge in [0.05, 0.1) is 0 Å². The summed E-state index contributed by atoms with van der Waals surface area (Å²) < 4.78 is 0. The van der Waals surface area contributed by atoms with E-state index in [1.807, 2.05) is 24.3 Å². The van der Waals surface area contributed by atoms with Gasteiger partial charge in [-0.3, -0.25) is 0 Å². The summed E-state index contributed by atoms with van der Waals surface area (Å²) >= 11 is 0. The maximum atomic E-state index is 5.93. The molecule has 92 valence electrons. The Morgan fingerprint density at radius 2 is 1.67 bits per heavy atom. The van der Waals surface area contributed by atoms with Gasteiger partial charge < -0.3 is 5.73 Å². The van der Waals surface area contributed by atoms with Gasteiger partial charge in [-0.1, -0.05) is 60.2 Å². The van der Waals surface area contributed by atoms with Crippen molar-refractivity contribution in [2.75, 3.05) is 5.73 Å². The normalized spacial score (nSPS) is 11.5. The van der Waals surface area contributed by atoms with Crippen LogP contribution in [0.15, 0.2) is 66.2 Å². The van der Waals surface area contributed by atoms with Crippen molar-refractivity contribution in [1.82, 2.24) is 0 Å². The lowest BCUT2D eigenvalue weighted by molar-refractivity contribution is 1.10. The molecule has 0 aliphatic rings. The average Bonchev–Trinajstić information content (AvgIpc) is 2.39. The van der Waals surface area contributed by atoms with Gasteiger partial charge >= 0.3 is 0 Å². The number of hydrogen-bond donors (Lipinski definition) is 1. The fourth-order valence-corrected chi connectivity index (χ4v) is 1.99. The molecule has 2 aromatic rings. The van der Waals surface area contributed by atoms with E-state index in [0.29, 0.717) is 0 Å². The molecule has 0 heterocycles. The molecule has 1 nitrogen and oxygen atoms in total. The molecular formula is C17H19N. The maximum Gasteiger partial charge on any atom is 0.0349 e. The molecule has 0 spiro atoms. The Balaban J connectivity index is 2.00. The Hall–Kier alpha value is -2.02. The lowest BCUT2D eigenvalue weighted by Crippen LogP contribution is -1.93. The van der Waals surface area contributed by atoms with Crippen LogP contribution in [0.5, 0.6) is 0 Å². The summed E-state index contributed by atoms with van der Waals surface area (Å²) in [5, 5.41) is 0. The van der Waals surface area contributed by atoms with Crippen LogP contribution in [0, 0.1) is 0 Å². The predicted octanol–water partition coefficient (Wildman–Crippen LogP) is 4.00. The van der Waals surface area contributed by atoms with Gasteiger partial charge in [0.2, 0.25) is 0 Å². The molecule has 0 aliphatic carbocycles. The van der Waals surface area contributed by atoms with E-state index in [2.05, 4.69) is 43.3 Å². The standard InChI is InChI=1S/C17H19N/c1-14(13-15-7-3-2-4-8-15)11-12-16-9-5-6-10-17(16)18/h2-11H,12-13,18H2,1H3/b14-11+. The van der Waals surface area contributed by atoms with E-state index in [1.54, 1.807) is 0 Å². The van der Waals surface area contributed by atoms with Crippen LogP contribution in [0.4, 0.5) is 5.69 Å². The molecule has 0 saturated carbocycles. The Bertz CT molecular complexity index is 526. The number of allylic oxidation sites excluding steroid dienone is 2. The molecule has 2 rings (SSSR count). The largest absolute Gasteiger partial charge is 0.398 e. The third-order valence-corrected chi connectivity index (χ3v) is 3.05. The first-order valence-corrected chi connectivity index (χ1v) is 6.28. The highest BCUT2D eigenvalue weighted by atomic mass is 14.5. The van der Waals surface area contributed by atoms with Gasteiger partial charge in [0.1, 0.15) is 0 Å². The van der Waals surface area contributed by atoms with Crippen molar-refractivity contribution < 1.29 is 0 Å². The minimum Gasteiger partial charge on any atom is -0.398 e. The van der Waals surface area contributed by atoms with Gasteiger partial charge in [-0.05, 0) is 37.0 Å². The van der Waals surface area contributed by atoms with Crippen molar-refractivity contribution in [1.29, 1.82) is 0 Å². The van der Waals surface area contributed by atoms with Crippen LogP contribution in [0.1, 0.15) is 18.1 Å². The second kappa shape index (κ2) is 6.06. The fourth-order valence-electron chi connectivity index (χ4n) is 1.99. The first-order chi connectivity index (χ1) is 8.75. The van der Waals surface area contributed by atoms with Gasteiger partial charge in [0.25, 0.3) is 0 Å². The topological polar surface area (TPSA) is 26.0 Å². The highest BCUT2D eigenvalue weighted by molar-refractivity contribution is 5.47. The second-order valence-corrected chi connectivity index (χ2v) is 4.62. The SMILES string of the molecule is C/C(=C\Cc1ccccc1N)Cc1ccccc1. The number of nitrogens with two attached hydrogens (primary N) is 1. The summed E-state index contributed by atoms with van der Waals surface area (Å²) in [6.45, 7) is 2.17. The lowest BCUT2D eigenvalue weighted by Gasteiger charge is -2.04. The van der Waals surface area contributed by atoms with Crippen LogP contribution in [-0.2, 0) is 12.8 Å². The van der Waals surface area contributed by atoms with Crippen LogP contribution in [-0.4, -0.2) is 0 Å². The van der Waals surface area contributed by atoms with E-state index in [0.717, 1.165) is 18.5 Å². The molecule has 1 heteroatoms. The molecule has 0 bridgehead atoms. The first-order valence-electron chi connectivity index (χ1n) is 6.28. The number of hydrogen-bond acceptors (Lipinski definition) is 1. The van der Waals surface area contributed by atoms with E-state index >= 15 is 0 Å². The summed E-state index contributed by atoms with van der Waals surface area (Å²) in [6.07, 6.45) is 4.18. The number of para-hydroxylation sites is 1. The van der Waals surface area contributed by atoms with Crippen molar-refractivity contribution in [2.45, 2.75) is 19.8 Å². The third kappa shape index (κ3) is 3.49. The Kier molecular flexibility index (Phi) is 4.19. The van der Waals surface area contributed by atoms with Gasteiger partial charge in [0, 0.05) is 5.69 Å². The summed E-state index contributed by atoms with van der Waals surface area (Å²) in [5.41, 5.74) is 10.7. The summed E-state index contributed by atoms with van der Waals surface area (Å²) in [6, 6.07) is 18.6. The molecule has 18 heavy (non-hydrogen) atoms. The molecule has 0 aliphatic heterocycles. The van der Waals surface area contributed by atoms with E-state index in [9.17, 15) is 0 Å². The van der Waals surface area contributed by atoms with E-state index in [4.69, 9.17) is 5.73 Å². The maximum absolute atomic E-state index is 5.93. The minimum absolute atomic E-state index is 0.876. The van der Waals surface area contributed by atoms with Crippen molar-refractivity contribution in [2.24, 2.45) is 0 Å². The van der Waals surface area contributed by atoms with Gasteiger partial charge in [-0.15, -0.1) is 0 Å². The quantitative estimate of drug-likeness (QED) is 0.631. The van der Waals surface area contributed by atoms with Crippen LogP contribution in [0.25, 0.3) is 0 Å². The molecule has 0 saturated heterocycles. The van der Waals surface area contributed by atoms with E-state index in [1.165, 1.54) is 16.7 Å².